The molecule has 1 aromatic carbocycles. The molecule has 0 radical (unpaired) electrons. The van der Waals surface area contributed by atoms with Crippen molar-refractivity contribution in [3.05, 3.63) is 34.9 Å². The van der Waals surface area contributed by atoms with E-state index in [9.17, 15) is 4.79 Å². The number of benzene rings is 1. The topological polar surface area (TPSA) is 75.3 Å². The molecular formula is C10H11ClN2O2S. The standard InChI is InChI=1S/C10H11ClN2O2S/c11-7-3-1-2-6(4-7)5-8(9(14)15)13-10(12)16/h1-4,8H,5H2,(H,14,15)(H3,12,13,16). The zero-order valence-electron chi connectivity index (χ0n) is 8.31. The summed E-state index contributed by atoms with van der Waals surface area (Å²) in [4.78, 5) is 10.9. The summed E-state index contributed by atoms with van der Waals surface area (Å²) in [5.74, 6) is -1.01. The van der Waals surface area contributed by atoms with Gasteiger partial charge in [-0.3, -0.25) is 0 Å². The van der Waals surface area contributed by atoms with E-state index in [0.29, 0.717) is 5.02 Å². The molecule has 0 saturated heterocycles. The average Bonchev–Trinajstić information content (AvgIpc) is 2.15. The van der Waals surface area contributed by atoms with E-state index in [1.54, 1.807) is 24.3 Å². The minimum atomic E-state index is -1.01. The van der Waals surface area contributed by atoms with Crippen molar-refractivity contribution >= 4 is 34.9 Å². The van der Waals surface area contributed by atoms with Crippen LogP contribution in [-0.2, 0) is 11.2 Å². The highest BCUT2D eigenvalue weighted by Crippen LogP contribution is 2.12. The number of carboxylic acids is 1. The molecule has 1 atom stereocenters. The Morgan fingerprint density at radius 1 is 1.62 bits per heavy atom. The zero-order chi connectivity index (χ0) is 12.1. The molecule has 1 rings (SSSR count). The lowest BCUT2D eigenvalue weighted by molar-refractivity contribution is -0.139. The Kier molecular flexibility index (Phi) is 4.52. The molecule has 0 heterocycles. The highest BCUT2D eigenvalue weighted by Gasteiger charge is 2.17. The summed E-state index contributed by atoms with van der Waals surface area (Å²) in [6, 6.07) is 6.15. The van der Waals surface area contributed by atoms with Crippen molar-refractivity contribution < 1.29 is 9.90 Å². The van der Waals surface area contributed by atoms with E-state index < -0.39 is 12.0 Å². The highest BCUT2D eigenvalue weighted by molar-refractivity contribution is 7.80. The molecule has 0 aliphatic carbocycles. The third-order valence-electron chi connectivity index (χ3n) is 1.94. The van der Waals surface area contributed by atoms with Crippen molar-refractivity contribution in [2.24, 2.45) is 5.73 Å². The van der Waals surface area contributed by atoms with Gasteiger partial charge in [0.2, 0.25) is 0 Å². The highest BCUT2D eigenvalue weighted by atomic mass is 35.5. The first-order valence-electron chi connectivity index (χ1n) is 4.52. The van der Waals surface area contributed by atoms with Crippen LogP contribution in [-0.4, -0.2) is 22.2 Å². The summed E-state index contributed by atoms with van der Waals surface area (Å²) in [6.07, 6.45) is 0.271. The normalized spacial score (nSPS) is 11.8. The Hall–Kier alpha value is -1.33. The van der Waals surface area contributed by atoms with E-state index in [-0.39, 0.29) is 11.5 Å². The number of thiocarbonyl (C=S) groups is 1. The van der Waals surface area contributed by atoms with Crippen molar-refractivity contribution in [1.29, 1.82) is 0 Å². The minimum Gasteiger partial charge on any atom is -0.480 e. The summed E-state index contributed by atoms with van der Waals surface area (Å²) in [7, 11) is 0. The quantitative estimate of drug-likeness (QED) is 0.707. The summed E-state index contributed by atoms with van der Waals surface area (Å²) in [5.41, 5.74) is 6.05. The number of aliphatic carboxylic acids is 1. The van der Waals surface area contributed by atoms with Gasteiger partial charge in [-0.25, -0.2) is 4.79 Å². The molecule has 0 bridgehead atoms. The molecule has 86 valence electrons. The number of rotatable bonds is 4. The van der Waals surface area contributed by atoms with Gasteiger partial charge in [-0.2, -0.15) is 0 Å². The van der Waals surface area contributed by atoms with Crippen LogP contribution in [0.4, 0.5) is 0 Å². The van der Waals surface area contributed by atoms with Gasteiger partial charge in [0.1, 0.15) is 6.04 Å². The summed E-state index contributed by atoms with van der Waals surface area (Å²) in [5, 5.41) is 12.0. The van der Waals surface area contributed by atoms with Gasteiger partial charge in [-0.05, 0) is 29.9 Å². The predicted octanol–water partition coefficient (Wildman–Crippen LogP) is 1.17. The van der Waals surface area contributed by atoms with Gasteiger partial charge >= 0.3 is 5.97 Å². The Morgan fingerprint density at radius 3 is 2.81 bits per heavy atom. The number of hydrogen-bond donors (Lipinski definition) is 3. The molecule has 0 fully saturated rings. The van der Waals surface area contributed by atoms with E-state index in [1.807, 2.05) is 0 Å². The van der Waals surface area contributed by atoms with Crippen molar-refractivity contribution in [2.45, 2.75) is 12.5 Å². The first-order valence-corrected chi connectivity index (χ1v) is 5.31. The Morgan fingerprint density at radius 2 is 2.31 bits per heavy atom. The maximum Gasteiger partial charge on any atom is 0.326 e. The van der Waals surface area contributed by atoms with E-state index in [0.717, 1.165) is 5.56 Å². The zero-order valence-corrected chi connectivity index (χ0v) is 9.89. The van der Waals surface area contributed by atoms with Gasteiger partial charge in [0.15, 0.2) is 5.11 Å². The molecule has 1 aromatic rings. The average molecular weight is 259 g/mol. The maximum atomic E-state index is 10.9. The lowest BCUT2D eigenvalue weighted by Crippen LogP contribution is -2.44. The van der Waals surface area contributed by atoms with Crippen LogP contribution in [0.5, 0.6) is 0 Å². The van der Waals surface area contributed by atoms with Crippen molar-refractivity contribution in [3.8, 4) is 0 Å². The smallest absolute Gasteiger partial charge is 0.326 e. The molecule has 0 aliphatic heterocycles. The largest absolute Gasteiger partial charge is 0.480 e. The van der Waals surface area contributed by atoms with Crippen LogP contribution in [0.1, 0.15) is 5.56 Å². The lowest BCUT2D eigenvalue weighted by Gasteiger charge is -2.14. The van der Waals surface area contributed by atoms with E-state index in [1.165, 1.54) is 0 Å². The lowest BCUT2D eigenvalue weighted by atomic mass is 10.1. The second kappa shape index (κ2) is 5.67. The Balaban J connectivity index is 2.75. The van der Waals surface area contributed by atoms with Crippen LogP contribution >= 0.6 is 23.8 Å². The maximum absolute atomic E-state index is 10.9. The molecule has 0 aliphatic rings. The minimum absolute atomic E-state index is 0.0329. The Labute approximate surface area is 103 Å². The van der Waals surface area contributed by atoms with Gasteiger partial charge in [0.25, 0.3) is 0 Å². The third-order valence-corrected chi connectivity index (χ3v) is 2.30. The van der Waals surface area contributed by atoms with Crippen LogP contribution in [0.25, 0.3) is 0 Å². The summed E-state index contributed by atoms with van der Waals surface area (Å²) >= 11 is 10.4. The van der Waals surface area contributed by atoms with Crippen LogP contribution in [0, 0.1) is 0 Å². The van der Waals surface area contributed by atoms with Crippen LogP contribution in [0.15, 0.2) is 24.3 Å². The molecule has 1 unspecified atom stereocenters. The number of nitrogens with two attached hydrogens (primary N) is 1. The van der Waals surface area contributed by atoms with Crippen LogP contribution < -0.4 is 11.1 Å². The monoisotopic (exact) mass is 258 g/mol. The molecule has 0 amide bonds. The number of halogens is 1. The molecule has 16 heavy (non-hydrogen) atoms. The number of hydrogen-bond acceptors (Lipinski definition) is 2. The first-order chi connectivity index (χ1) is 7.49. The molecular weight excluding hydrogens is 248 g/mol. The number of nitrogens with one attached hydrogen (secondary N) is 1. The summed E-state index contributed by atoms with van der Waals surface area (Å²) < 4.78 is 0. The van der Waals surface area contributed by atoms with Crippen molar-refractivity contribution in [3.63, 3.8) is 0 Å². The second-order valence-electron chi connectivity index (χ2n) is 3.23. The fraction of sp³-hybridized carbons (Fsp3) is 0.200. The SMILES string of the molecule is NC(=S)NC(Cc1cccc(Cl)c1)C(=O)O. The fourth-order valence-electron chi connectivity index (χ4n) is 1.27. The third kappa shape index (κ3) is 4.04. The van der Waals surface area contributed by atoms with Gasteiger partial charge in [0.05, 0.1) is 0 Å². The van der Waals surface area contributed by atoms with Gasteiger partial charge in [-0.1, -0.05) is 23.7 Å². The van der Waals surface area contributed by atoms with Crippen molar-refractivity contribution in [1.82, 2.24) is 5.32 Å². The molecule has 4 N–H and O–H groups in total. The molecule has 0 aromatic heterocycles. The van der Waals surface area contributed by atoms with Crippen LogP contribution in [0.3, 0.4) is 0 Å². The van der Waals surface area contributed by atoms with E-state index >= 15 is 0 Å². The van der Waals surface area contributed by atoms with E-state index in [4.69, 9.17) is 22.4 Å². The first kappa shape index (κ1) is 12.7. The number of carbonyl (C=O) groups is 1. The molecule has 0 spiro atoms. The molecule has 4 nitrogen and oxygen atoms in total. The fourth-order valence-corrected chi connectivity index (χ4v) is 1.63. The molecule has 6 heteroatoms. The van der Waals surface area contributed by atoms with Gasteiger partial charge in [0, 0.05) is 11.4 Å². The van der Waals surface area contributed by atoms with Gasteiger partial charge in [-0.15, -0.1) is 0 Å². The van der Waals surface area contributed by atoms with Crippen molar-refractivity contribution in [2.75, 3.05) is 0 Å². The molecule has 0 saturated carbocycles. The Bertz CT molecular complexity index is 412. The van der Waals surface area contributed by atoms with E-state index in [2.05, 4.69) is 17.5 Å². The number of carboxylic acid groups (broad SMARTS) is 1. The summed E-state index contributed by atoms with van der Waals surface area (Å²) in [6.45, 7) is 0. The predicted molar refractivity (Wildman–Crippen MR) is 66.5 cm³/mol. The van der Waals surface area contributed by atoms with Crippen LogP contribution in [0.2, 0.25) is 5.02 Å². The van der Waals surface area contributed by atoms with Gasteiger partial charge < -0.3 is 16.2 Å². The second-order valence-corrected chi connectivity index (χ2v) is 4.11.